The first-order valence-electron chi connectivity index (χ1n) is 6.69. The molecule has 7 heteroatoms. The van der Waals surface area contributed by atoms with Crippen molar-refractivity contribution in [1.82, 2.24) is 10.2 Å². The smallest absolute Gasteiger partial charge is 0.326 e. The maximum atomic E-state index is 12.0. The summed E-state index contributed by atoms with van der Waals surface area (Å²) in [6.45, 7) is 6.00. The molecular formula is C13H25N3O4. The number of nitrogens with one attached hydrogen (secondary N) is 1. The van der Waals surface area contributed by atoms with Crippen molar-refractivity contribution in [2.45, 2.75) is 52.1 Å². The lowest BCUT2D eigenvalue weighted by molar-refractivity contribution is -0.139. The van der Waals surface area contributed by atoms with Crippen molar-refractivity contribution in [3.8, 4) is 0 Å². The Morgan fingerprint density at radius 1 is 1.25 bits per heavy atom. The van der Waals surface area contributed by atoms with E-state index in [4.69, 9.17) is 10.8 Å². The van der Waals surface area contributed by atoms with Crippen LogP contribution in [0, 0.1) is 5.92 Å². The van der Waals surface area contributed by atoms with E-state index in [1.165, 1.54) is 4.90 Å². The second-order valence-electron chi connectivity index (χ2n) is 5.43. The highest BCUT2D eigenvalue weighted by molar-refractivity contribution is 5.83. The first-order valence-corrected chi connectivity index (χ1v) is 6.69. The van der Waals surface area contributed by atoms with Gasteiger partial charge in [-0.1, -0.05) is 13.8 Å². The van der Waals surface area contributed by atoms with Crippen molar-refractivity contribution in [2.24, 2.45) is 11.7 Å². The van der Waals surface area contributed by atoms with Crippen molar-refractivity contribution in [1.29, 1.82) is 0 Å². The quantitative estimate of drug-likeness (QED) is 0.612. The topological polar surface area (TPSA) is 113 Å². The van der Waals surface area contributed by atoms with E-state index in [0.29, 0.717) is 5.92 Å². The molecule has 0 aliphatic heterocycles. The lowest BCUT2D eigenvalue weighted by Crippen LogP contribution is -2.49. The van der Waals surface area contributed by atoms with Gasteiger partial charge in [0.05, 0.1) is 0 Å². The SMILES string of the molecule is CC(C)CC(C)N(C)C(=O)N[C@@H](CCC(N)=O)C(=O)O. The molecule has 0 heterocycles. The molecule has 0 spiro atoms. The van der Waals surface area contributed by atoms with Crippen LogP contribution in [0.1, 0.15) is 40.0 Å². The molecule has 0 fully saturated rings. The lowest BCUT2D eigenvalue weighted by Gasteiger charge is -2.28. The van der Waals surface area contributed by atoms with E-state index < -0.39 is 23.9 Å². The molecule has 0 saturated carbocycles. The van der Waals surface area contributed by atoms with Crippen LogP contribution in [0.5, 0.6) is 0 Å². The summed E-state index contributed by atoms with van der Waals surface area (Å²) in [5, 5.41) is 11.4. The third kappa shape index (κ3) is 6.96. The minimum absolute atomic E-state index is 0.000542. The van der Waals surface area contributed by atoms with Crippen molar-refractivity contribution < 1.29 is 19.5 Å². The molecule has 0 aromatic heterocycles. The fraction of sp³-hybridized carbons (Fsp3) is 0.769. The van der Waals surface area contributed by atoms with E-state index in [1.54, 1.807) is 7.05 Å². The second kappa shape index (κ2) is 8.39. The molecule has 1 unspecified atom stereocenters. The molecule has 0 aromatic carbocycles. The number of carboxylic acids is 1. The lowest BCUT2D eigenvalue weighted by atomic mass is 10.0. The molecule has 0 saturated heterocycles. The van der Waals surface area contributed by atoms with E-state index in [0.717, 1.165) is 6.42 Å². The minimum atomic E-state index is -1.18. The number of amides is 3. The Hall–Kier alpha value is -1.79. The summed E-state index contributed by atoms with van der Waals surface area (Å²) in [7, 11) is 1.62. The summed E-state index contributed by atoms with van der Waals surface area (Å²) in [6, 6.07) is -1.57. The molecule has 4 N–H and O–H groups in total. The van der Waals surface area contributed by atoms with E-state index in [1.807, 2.05) is 6.92 Å². The molecule has 2 atom stereocenters. The van der Waals surface area contributed by atoms with E-state index in [-0.39, 0.29) is 18.9 Å². The first kappa shape index (κ1) is 18.2. The normalized spacial score (nSPS) is 13.7. The number of hydrogen-bond donors (Lipinski definition) is 3. The highest BCUT2D eigenvalue weighted by Gasteiger charge is 2.24. The minimum Gasteiger partial charge on any atom is -0.480 e. The zero-order valence-electron chi connectivity index (χ0n) is 12.5. The van der Waals surface area contributed by atoms with Gasteiger partial charge in [-0.2, -0.15) is 0 Å². The van der Waals surface area contributed by atoms with Gasteiger partial charge in [0.2, 0.25) is 5.91 Å². The Labute approximate surface area is 119 Å². The van der Waals surface area contributed by atoms with Gasteiger partial charge in [-0.15, -0.1) is 0 Å². The number of hydrogen-bond acceptors (Lipinski definition) is 3. The molecule has 0 aromatic rings. The largest absolute Gasteiger partial charge is 0.480 e. The maximum absolute atomic E-state index is 12.0. The van der Waals surface area contributed by atoms with Crippen LogP contribution in [0.25, 0.3) is 0 Å². The molecule has 0 rings (SSSR count). The van der Waals surface area contributed by atoms with Gasteiger partial charge in [0.25, 0.3) is 0 Å². The van der Waals surface area contributed by atoms with Crippen molar-refractivity contribution >= 4 is 17.9 Å². The summed E-state index contributed by atoms with van der Waals surface area (Å²) in [5.74, 6) is -1.33. The Kier molecular flexibility index (Phi) is 7.64. The van der Waals surface area contributed by atoms with Gasteiger partial charge in [0.1, 0.15) is 6.04 Å². The fourth-order valence-corrected chi connectivity index (χ4v) is 1.84. The van der Waals surface area contributed by atoms with Gasteiger partial charge in [-0.05, 0) is 25.7 Å². The van der Waals surface area contributed by atoms with Crippen LogP contribution in [-0.4, -0.2) is 47.0 Å². The Bertz CT molecular complexity index is 358. The number of urea groups is 1. The van der Waals surface area contributed by atoms with E-state index in [2.05, 4.69) is 19.2 Å². The Balaban J connectivity index is 4.51. The van der Waals surface area contributed by atoms with Gasteiger partial charge in [0, 0.05) is 19.5 Å². The molecule has 7 nitrogen and oxygen atoms in total. The number of carbonyl (C=O) groups is 3. The van der Waals surface area contributed by atoms with Crippen LogP contribution in [0.15, 0.2) is 0 Å². The highest BCUT2D eigenvalue weighted by Crippen LogP contribution is 2.10. The van der Waals surface area contributed by atoms with Gasteiger partial charge in [-0.3, -0.25) is 4.79 Å². The first-order chi connectivity index (χ1) is 9.15. The van der Waals surface area contributed by atoms with Crippen molar-refractivity contribution in [2.75, 3.05) is 7.05 Å². The summed E-state index contributed by atoms with van der Waals surface area (Å²) in [4.78, 5) is 35.1. The molecule has 0 bridgehead atoms. The number of carbonyl (C=O) groups excluding carboxylic acids is 2. The monoisotopic (exact) mass is 287 g/mol. The molecule has 0 aliphatic carbocycles. The summed E-state index contributed by atoms with van der Waals surface area (Å²) >= 11 is 0. The molecule has 0 radical (unpaired) electrons. The predicted octanol–water partition coefficient (Wildman–Crippen LogP) is 0.781. The van der Waals surface area contributed by atoms with Gasteiger partial charge < -0.3 is 21.1 Å². The van der Waals surface area contributed by atoms with Crippen LogP contribution in [0.2, 0.25) is 0 Å². The molecule has 3 amide bonds. The van der Waals surface area contributed by atoms with Crippen LogP contribution >= 0.6 is 0 Å². The van der Waals surface area contributed by atoms with Crippen molar-refractivity contribution in [3.05, 3.63) is 0 Å². The van der Waals surface area contributed by atoms with Crippen LogP contribution in [0.4, 0.5) is 4.79 Å². The van der Waals surface area contributed by atoms with Gasteiger partial charge >= 0.3 is 12.0 Å². The Morgan fingerprint density at radius 2 is 1.80 bits per heavy atom. The fourth-order valence-electron chi connectivity index (χ4n) is 1.84. The van der Waals surface area contributed by atoms with E-state index >= 15 is 0 Å². The zero-order valence-corrected chi connectivity index (χ0v) is 12.5. The highest BCUT2D eigenvalue weighted by atomic mass is 16.4. The number of nitrogens with zero attached hydrogens (tertiary/aromatic N) is 1. The third-order valence-electron chi connectivity index (χ3n) is 3.07. The summed E-state index contributed by atoms with van der Waals surface area (Å²) < 4.78 is 0. The van der Waals surface area contributed by atoms with Crippen LogP contribution in [0.3, 0.4) is 0 Å². The molecule has 0 aliphatic rings. The number of nitrogens with two attached hydrogens (primary N) is 1. The summed E-state index contributed by atoms with van der Waals surface area (Å²) in [5.41, 5.74) is 4.98. The van der Waals surface area contributed by atoms with Crippen LogP contribution < -0.4 is 11.1 Å². The maximum Gasteiger partial charge on any atom is 0.326 e. The molecular weight excluding hydrogens is 262 g/mol. The standard InChI is InChI=1S/C13H25N3O4/c1-8(2)7-9(3)16(4)13(20)15-10(12(18)19)5-6-11(14)17/h8-10H,5-7H2,1-4H3,(H2,14,17)(H,15,20)(H,18,19)/t9?,10-/m0/s1. The number of rotatable bonds is 8. The zero-order chi connectivity index (χ0) is 15.9. The molecule has 116 valence electrons. The third-order valence-corrected chi connectivity index (χ3v) is 3.07. The summed E-state index contributed by atoms with van der Waals surface area (Å²) in [6.07, 6.45) is 0.730. The van der Waals surface area contributed by atoms with Gasteiger partial charge in [0.15, 0.2) is 0 Å². The Morgan fingerprint density at radius 3 is 2.20 bits per heavy atom. The number of primary amides is 1. The van der Waals surface area contributed by atoms with Gasteiger partial charge in [-0.25, -0.2) is 9.59 Å². The van der Waals surface area contributed by atoms with Crippen LogP contribution in [-0.2, 0) is 9.59 Å². The predicted molar refractivity (Wildman–Crippen MR) is 75.1 cm³/mol. The second-order valence-corrected chi connectivity index (χ2v) is 5.43. The average molecular weight is 287 g/mol. The molecule has 20 heavy (non-hydrogen) atoms. The van der Waals surface area contributed by atoms with Crippen molar-refractivity contribution in [3.63, 3.8) is 0 Å². The number of carboxylic acid groups (broad SMARTS) is 1. The average Bonchev–Trinajstić information content (AvgIpc) is 2.31. The van der Waals surface area contributed by atoms with E-state index in [9.17, 15) is 14.4 Å². The number of aliphatic carboxylic acids is 1.